The lowest BCUT2D eigenvalue weighted by Gasteiger charge is -2.24. The molecule has 0 aromatic heterocycles. The number of ether oxygens (including phenoxy) is 1. The number of nitrogens with zero attached hydrogens (tertiary/aromatic N) is 1. The summed E-state index contributed by atoms with van der Waals surface area (Å²) in [7, 11) is 1.40. The van der Waals surface area contributed by atoms with Crippen LogP contribution in [0.2, 0.25) is 0 Å². The summed E-state index contributed by atoms with van der Waals surface area (Å²) in [4.78, 5) is 12.8. The molecule has 0 aromatic rings. The molecule has 0 aliphatic carbocycles. The van der Waals surface area contributed by atoms with Crippen LogP contribution in [0.25, 0.3) is 0 Å². The summed E-state index contributed by atoms with van der Waals surface area (Å²) in [5.41, 5.74) is 0. The van der Waals surface area contributed by atoms with E-state index >= 15 is 0 Å². The van der Waals surface area contributed by atoms with Gasteiger partial charge in [0.15, 0.2) is 0 Å². The van der Waals surface area contributed by atoms with Crippen LogP contribution < -0.4 is 0 Å². The monoisotopic (exact) mass is 155 g/mol. The quantitative estimate of drug-likeness (QED) is 0.495. The second-order valence-corrected chi connectivity index (χ2v) is 2.74. The van der Waals surface area contributed by atoms with E-state index in [1.54, 1.807) is 4.90 Å². The zero-order valence-electron chi connectivity index (χ0n) is 7.07. The summed E-state index contributed by atoms with van der Waals surface area (Å²) in [5.74, 6) is 0. The molecule has 3 nitrogen and oxygen atoms in total. The molecular formula is C8H13NO2. The second-order valence-electron chi connectivity index (χ2n) is 2.74. The van der Waals surface area contributed by atoms with Gasteiger partial charge in [-0.3, -0.25) is 4.90 Å². The molecule has 2 atom stereocenters. The van der Waals surface area contributed by atoms with Gasteiger partial charge in [0.05, 0.1) is 19.2 Å². The zero-order chi connectivity index (χ0) is 8.43. The van der Waals surface area contributed by atoms with Gasteiger partial charge in [-0.25, -0.2) is 4.79 Å². The molecule has 0 saturated heterocycles. The molecule has 0 spiro atoms. The van der Waals surface area contributed by atoms with Crippen molar-refractivity contribution < 1.29 is 9.53 Å². The Morgan fingerprint density at radius 2 is 1.82 bits per heavy atom. The van der Waals surface area contributed by atoms with Crippen LogP contribution in [0.15, 0.2) is 12.2 Å². The van der Waals surface area contributed by atoms with Crippen LogP contribution in [0.4, 0.5) is 4.79 Å². The minimum Gasteiger partial charge on any atom is -0.453 e. The van der Waals surface area contributed by atoms with E-state index in [2.05, 4.69) is 4.74 Å². The fourth-order valence-corrected chi connectivity index (χ4v) is 1.32. The van der Waals surface area contributed by atoms with E-state index in [0.29, 0.717) is 0 Å². The van der Waals surface area contributed by atoms with Crippen molar-refractivity contribution in [2.24, 2.45) is 0 Å². The van der Waals surface area contributed by atoms with Crippen molar-refractivity contribution in [1.29, 1.82) is 0 Å². The molecule has 1 aliphatic rings. The average molecular weight is 155 g/mol. The van der Waals surface area contributed by atoms with Gasteiger partial charge >= 0.3 is 6.09 Å². The van der Waals surface area contributed by atoms with Crippen molar-refractivity contribution >= 4 is 6.09 Å². The highest BCUT2D eigenvalue weighted by Crippen LogP contribution is 2.16. The molecule has 62 valence electrons. The van der Waals surface area contributed by atoms with Crippen LogP contribution in [-0.2, 0) is 4.74 Å². The predicted molar refractivity (Wildman–Crippen MR) is 42.3 cm³/mol. The van der Waals surface area contributed by atoms with E-state index in [4.69, 9.17) is 0 Å². The van der Waals surface area contributed by atoms with Gasteiger partial charge in [0.2, 0.25) is 0 Å². The van der Waals surface area contributed by atoms with Gasteiger partial charge < -0.3 is 4.74 Å². The Labute approximate surface area is 66.6 Å². The van der Waals surface area contributed by atoms with Gasteiger partial charge in [-0.1, -0.05) is 12.2 Å². The number of methoxy groups -OCH3 is 1. The first-order valence-electron chi connectivity index (χ1n) is 3.71. The van der Waals surface area contributed by atoms with Crippen molar-refractivity contribution in [3.63, 3.8) is 0 Å². The van der Waals surface area contributed by atoms with Crippen LogP contribution in [0.3, 0.4) is 0 Å². The predicted octanol–water partition coefficient (Wildman–Crippen LogP) is 1.40. The van der Waals surface area contributed by atoms with E-state index < -0.39 is 0 Å². The number of hydrogen-bond acceptors (Lipinski definition) is 2. The Bertz CT molecular complexity index is 177. The number of amides is 1. The van der Waals surface area contributed by atoms with Crippen molar-refractivity contribution in [2.45, 2.75) is 25.9 Å². The standard InChI is InChI=1S/C8H13NO2/c1-6-4-5-7(2)9(6)8(10)11-3/h4-7H,1-3H3. The van der Waals surface area contributed by atoms with Crippen molar-refractivity contribution in [3.05, 3.63) is 12.2 Å². The fraction of sp³-hybridized carbons (Fsp3) is 0.625. The average Bonchev–Trinajstić information content (AvgIpc) is 2.30. The summed E-state index contributed by atoms with van der Waals surface area (Å²) >= 11 is 0. The number of rotatable bonds is 0. The largest absolute Gasteiger partial charge is 0.453 e. The molecule has 0 saturated carbocycles. The summed E-state index contributed by atoms with van der Waals surface area (Å²) in [6, 6.07) is 0.329. The first-order valence-corrected chi connectivity index (χ1v) is 3.71. The van der Waals surface area contributed by atoms with Crippen LogP contribution in [0.1, 0.15) is 13.8 Å². The summed E-state index contributed by atoms with van der Waals surface area (Å²) in [6.07, 6.45) is 3.75. The fourth-order valence-electron chi connectivity index (χ4n) is 1.32. The van der Waals surface area contributed by atoms with E-state index in [-0.39, 0.29) is 18.2 Å². The maximum absolute atomic E-state index is 11.1. The molecule has 0 radical (unpaired) electrons. The minimum absolute atomic E-state index is 0.164. The third-order valence-electron chi connectivity index (χ3n) is 1.93. The van der Waals surface area contributed by atoms with Crippen LogP contribution in [-0.4, -0.2) is 30.2 Å². The third-order valence-corrected chi connectivity index (χ3v) is 1.93. The molecule has 3 heteroatoms. The molecule has 0 N–H and O–H groups in total. The number of carbonyl (C=O) groups excluding carboxylic acids is 1. The highest BCUT2D eigenvalue weighted by molar-refractivity contribution is 5.69. The molecule has 2 unspecified atom stereocenters. The van der Waals surface area contributed by atoms with Crippen LogP contribution in [0, 0.1) is 0 Å². The maximum Gasteiger partial charge on any atom is 0.410 e. The smallest absolute Gasteiger partial charge is 0.410 e. The summed E-state index contributed by atoms with van der Waals surface area (Å²) in [5, 5.41) is 0. The SMILES string of the molecule is COC(=O)N1C(C)C=CC1C. The van der Waals surface area contributed by atoms with Gasteiger partial charge in [0.25, 0.3) is 0 Å². The molecular weight excluding hydrogens is 142 g/mol. The lowest BCUT2D eigenvalue weighted by molar-refractivity contribution is 0.112. The Morgan fingerprint density at radius 1 is 1.36 bits per heavy atom. The number of carbonyl (C=O) groups is 1. The van der Waals surface area contributed by atoms with E-state index in [1.165, 1.54) is 7.11 Å². The first kappa shape index (κ1) is 8.11. The van der Waals surface area contributed by atoms with Gasteiger partial charge in [0.1, 0.15) is 0 Å². The second kappa shape index (κ2) is 2.95. The van der Waals surface area contributed by atoms with Crippen LogP contribution in [0.5, 0.6) is 0 Å². The molecule has 1 amide bonds. The van der Waals surface area contributed by atoms with E-state index in [1.807, 2.05) is 26.0 Å². The Kier molecular flexibility index (Phi) is 2.17. The summed E-state index contributed by atoms with van der Waals surface area (Å²) < 4.78 is 4.62. The van der Waals surface area contributed by atoms with Gasteiger partial charge in [-0.05, 0) is 13.8 Å². The zero-order valence-corrected chi connectivity index (χ0v) is 7.07. The normalized spacial score (nSPS) is 29.2. The lowest BCUT2D eigenvalue weighted by Crippen LogP contribution is -2.39. The Hall–Kier alpha value is -0.990. The first-order chi connectivity index (χ1) is 5.16. The molecule has 1 heterocycles. The number of hydrogen-bond donors (Lipinski definition) is 0. The van der Waals surface area contributed by atoms with E-state index in [9.17, 15) is 4.79 Å². The Balaban J connectivity index is 2.65. The van der Waals surface area contributed by atoms with Gasteiger partial charge in [0, 0.05) is 0 Å². The van der Waals surface area contributed by atoms with Crippen molar-refractivity contribution in [2.75, 3.05) is 7.11 Å². The highest BCUT2D eigenvalue weighted by atomic mass is 16.5. The third kappa shape index (κ3) is 1.37. The lowest BCUT2D eigenvalue weighted by atomic mass is 10.3. The molecule has 0 bridgehead atoms. The molecule has 11 heavy (non-hydrogen) atoms. The van der Waals surface area contributed by atoms with Gasteiger partial charge in [-0.15, -0.1) is 0 Å². The molecule has 1 aliphatic heterocycles. The molecule has 1 rings (SSSR count). The van der Waals surface area contributed by atoms with E-state index in [0.717, 1.165) is 0 Å². The maximum atomic E-state index is 11.1. The summed E-state index contributed by atoms with van der Waals surface area (Å²) in [6.45, 7) is 3.94. The molecule has 0 aromatic carbocycles. The van der Waals surface area contributed by atoms with Crippen LogP contribution >= 0.6 is 0 Å². The highest BCUT2D eigenvalue weighted by Gasteiger charge is 2.27. The minimum atomic E-state index is -0.255. The van der Waals surface area contributed by atoms with Gasteiger partial charge in [-0.2, -0.15) is 0 Å². The topological polar surface area (TPSA) is 29.5 Å². The molecule has 0 fully saturated rings. The van der Waals surface area contributed by atoms with Crippen molar-refractivity contribution in [3.8, 4) is 0 Å². The van der Waals surface area contributed by atoms with Crippen molar-refractivity contribution in [1.82, 2.24) is 4.90 Å². The Morgan fingerprint density at radius 3 is 2.18 bits per heavy atom.